The van der Waals surface area contributed by atoms with Crippen molar-refractivity contribution in [2.24, 2.45) is 5.73 Å². The maximum atomic E-state index is 10.6. The molecule has 0 fully saturated rings. The van der Waals surface area contributed by atoms with E-state index in [1.54, 1.807) is 0 Å². The smallest absolute Gasteiger partial charge is 0.220 e. The molecular formula is C13H20N2O2. The molecule has 1 amide bonds. The number of hydrogen-bond donors (Lipinski definition) is 2. The highest BCUT2D eigenvalue weighted by Crippen LogP contribution is 2.17. The first kappa shape index (κ1) is 13.5. The number of ether oxygens (including phenoxy) is 1. The van der Waals surface area contributed by atoms with Crippen molar-refractivity contribution < 1.29 is 9.53 Å². The van der Waals surface area contributed by atoms with Crippen LogP contribution in [0.2, 0.25) is 0 Å². The van der Waals surface area contributed by atoms with E-state index in [1.165, 1.54) is 0 Å². The molecule has 0 aliphatic carbocycles. The van der Waals surface area contributed by atoms with E-state index in [-0.39, 0.29) is 12.3 Å². The number of para-hydroxylation sites is 1. The molecule has 0 unspecified atom stereocenters. The number of carbonyl (C=O) groups is 1. The van der Waals surface area contributed by atoms with Crippen LogP contribution in [0.4, 0.5) is 0 Å². The van der Waals surface area contributed by atoms with Gasteiger partial charge in [-0.05, 0) is 6.07 Å². The van der Waals surface area contributed by atoms with Gasteiger partial charge in [0.05, 0.1) is 13.0 Å². The van der Waals surface area contributed by atoms with Crippen LogP contribution in [0, 0.1) is 0 Å². The van der Waals surface area contributed by atoms with Gasteiger partial charge in [0.2, 0.25) is 5.91 Å². The lowest BCUT2D eigenvalue weighted by Gasteiger charge is -2.13. The molecule has 17 heavy (non-hydrogen) atoms. The van der Waals surface area contributed by atoms with E-state index >= 15 is 0 Å². The third kappa shape index (κ3) is 5.36. The van der Waals surface area contributed by atoms with Crippen molar-refractivity contribution in [2.45, 2.75) is 32.9 Å². The number of rotatable bonds is 7. The molecule has 0 aliphatic rings. The van der Waals surface area contributed by atoms with Crippen LogP contribution in [0.3, 0.4) is 0 Å². The summed E-state index contributed by atoms with van der Waals surface area (Å²) in [6.07, 6.45) is 0.242. The van der Waals surface area contributed by atoms with Crippen molar-refractivity contribution in [2.75, 3.05) is 6.61 Å². The first-order valence-corrected chi connectivity index (χ1v) is 5.82. The van der Waals surface area contributed by atoms with E-state index < -0.39 is 0 Å². The fourth-order valence-corrected chi connectivity index (χ4v) is 1.37. The molecule has 0 saturated heterocycles. The average molecular weight is 236 g/mol. The third-order valence-electron chi connectivity index (χ3n) is 2.28. The van der Waals surface area contributed by atoms with Crippen molar-refractivity contribution in [1.29, 1.82) is 0 Å². The summed E-state index contributed by atoms with van der Waals surface area (Å²) in [4.78, 5) is 10.6. The van der Waals surface area contributed by atoms with Crippen molar-refractivity contribution in [3.8, 4) is 5.75 Å². The van der Waals surface area contributed by atoms with Crippen molar-refractivity contribution >= 4 is 5.91 Å². The van der Waals surface area contributed by atoms with Crippen LogP contribution in [0.25, 0.3) is 0 Å². The van der Waals surface area contributed by atoms with Gasteiger partial charge in [0.25, 0.3) is 0 Å². The van der Waals surface area contributed by atoms with Crippen LogP contribution in [0.5, 0.6) is 5.75 Å². The number of carbonyl (C=O) groups excluding carboxylic acids is 1. The number of benzene rings is 1. The van der Waals surface area contributed by atoms with E-state index in [1.807, 2.05) is 24.3 Å². The molecule has 0 heterocycles. The maximum Gasteiger partial charge on any atom is 0.220 e. The lowest BCUT2D eigenvalue weighted by atomic mass is 10.2. The van der Waals surface area contributed by atoms with Crippen molar-refractivity contribution in [3.05, 3.63) is 29.8 Å². The minimum atomic E-state index is -0.345. The molecule has 0 atom stereocenters. The number of amides is 1. The quantitative estimate of drug-likeness (QED) is 0.753. The van der Waals surface area contributed by atoms with E-state index in [0.29, 0.717) is 12.6 Å². The van der Waals surface area contributed by atoms with Crippen LogP contribution in [0.1, 0.15) is 25.8 Å². The minimum absolute atomic E-state index is 0.242. The fraction of sp³-hybridized carbons (Fsp3) is 0.462. The van der Waals surface area contributed by atoms with Gasteiger partial charge in [-0.2, -0.15) is 0 Å². The Morgan fingerprint density at radius 3 is 2.76 bits per heavy atom. The number of hydrogen-bond acceptors (Lipinski definition) is 3. The molecule has 4 nitrogen and oxygen atoms in total. The van der Waals surface area contributed by atoms with E-state index in [4.69, 9.17) is 10.5 Å². The molecule has 1 aromatic carbocycles. The summed E-state index contributed by atoms with van der Waals surface area (Å²) in [7, 11) is 0. The Labute approximate surface area is 102 Å². The first-order chi connectivity index (χ1) is 8.09. The van der Waals surface area contributed by atoms with Gasteiger partial charge in [-0.25, -0.2) is 0 Å². The Bertz CT molecular complexity index is 364. The van der Waals surface area contributed by atoms with Gasteiger partial charge in [0, 0.05) is 18.2 Å². The fourth-order valence-electron chi connectivity index (χ4n) is 1.37. The molecule has 4 heteroatoms. The third-order valence-corrected chi connectivity index (χ3v) is 2.28. The highest BCUT2D eigenvalue weighted by Gasteiger charge is 2.04. The minimum Gasteiger partial charge on any atom is -0.493 e. The highest BCUT2D eigenvalue weighted by molar-refractivity contribution is 5.73. The lowest BCUT2D eigenvalue weighted by Crippen LogP contribution is -2.22. The summed E-state index contributed by atoms with van der Waals surface area (Å²) >= 11 is 0. The standard InChI is InChI=1S/C13H20N2O2/c1-10(2)15-9-11-5-3-4-6-12(11)17-8-7-13(14)16/h3-6,10,15H,7-9H2,1-2H3,(H2,14,16). The molecule has 1 aromatic rings. The molecule has 0 saturated carbocycles. The SMILES string of the molecule is CC(C)NCc1ccccc1OCCC(N)=O. The molecule has 0 aliphatic heterocycles. The second-order valence-corrected chi connectivity index (χ2v) is 4.21. The van der Waals surface area contributed by atoms with E-state index in [9.17, 15) is 4.79 Å². The number of nitrogens with one attached hydrogen (secondary N) is 1. The summed E-state index contributed by atoms with van der Waals surface area (Å²) in [5.74, 6) is 0.463. The van der Waals surface area contributed by atoms with Crippen LogP contribution < -0.4 is 15.8 Å². The first-order valence-electron chi connectivity index (χ1n) is 5.82. The topological polar surface area (TPSA) is 64.3 Å². The second-order valence-electron chi connectivity index (χ2n) is 4.21. The molecule has 0 aromatic heterocycles. The lowest BCUT2D eigenvalue weighted by molar-refractivity contribution is -0.118. The van der Waals surface area contributed by atoms with Crippen molar-refractivity contribution in [3.63, 3.8) is 0 Å². The van der Waals surface area contributed by atoms with E-state index in [0.717, 1.165) is 17.9 Å². The van der Waals surface area contributed by atoms with E-state index in [2.05, 4.69) is 19.2 Å². The predicted molar refractivity (Wildman–Crippen MR) is 67.7 cm³/mol. The van der Waals surface area contributed by atoms with Gasteiger partial charge in [0.1, 0.15) is 5.75 Å². The predicted octanol–water partition coefficient (Wildman–Crippen LogP) is 1.44. The van der Waals surface area contributed by atoms with Gasteiger partial charge >= 0.3 is 0 Å². The molecule has 0 bridgehead atoms. The van der Waals surface area contributed by atoms with Crippen LogP contribution in [-0.2, 0) is 11.3 Å². The molecule has 1 rings (SSSR count). The van der Waals surface area contributed by atoms with Crippen molar-refractivity contribution in [1.82, 2.24) is 5.32 Å². The zero-order valence-electron chi connectivity index (χ0n) is 10.4. The zero-order valence-corrected chi connectivity index (χ0v) is 10.4. The molecular weight excluding hydrogens is 216 g/mol. The van der Waals surface area contributed by atoms with Gasteiger partial charge in [0.15, 0.2) is 0 Å². The summed E-state index contributed by atoms with van der Waals surface area (Å²) in [5.41, 5.74) is 6.15. The average Bonchev–Trinajstić information content (AvgIpc) is 2.27. The molecule has 0 spiro atoms. The Balaban J connectivity index is 2.54. The van der Waals surface area contributed by atoms with Crippen LogP contribution in [-0.4, -0.2) is 18.6 Å². The summed E-state index contributed by atoms with van der Waals surface area (Å²) in [6.45, 7) is 5.27. The van der Waals surface area contributed by atoms with Gasteiger partial charge in [-0.3, -0.25) is 4.79 Å². The van der Waals surface area contributed by atoms with Gasteiger partial charge < -0.3 is 15.8 Å². The van der Waals surface area contributed by atoms with Gasteiger partial charge in [-0.1, -0.05) is 32.0 Å². The Hall–Kier alpha value is -1.55. The number of primary amides is 1. The van der Waals surface area contributed by atoms with Crippen LogP contribution >= 0.6 is 0 Å². The Kier molecular flexibility index (Phi) is 5.49. The molecule has 94 valence electrons. The molecule has 3 N–H and O–H groups in total. The van der Waals surface area contributed by atoms with Gasteiger partial charge in [-0.15, -0.1) is 0 Å². The largest absolute Gasteiger partial charge is 0.493 e. The Morgan fingerprint density at radius 2 is 2.12 bits per heavy atom. The maximum absolute atomic E-state index is 10.6. The molecule has 0 radical (unpaired) electrons. The Morgan fingerprint density at radius 1 is 1.41 bits per heavy atom. The second kappa shape index (κ2) is 6.91. The monoisotopic (exact) mass is 236 g/mol. The highest BCUT2D eigenvalue weighted by atomic mass is 16.5. The summed E-state index contributed by atoms with van der Waals surface area (Å²) in [5, 5.41) is 3.33. The summed E-state index contributed by atoms with van der Waals surface area (Å²) in [6, 6.07) is 8.22. The summed E-state index contributed by atoms with van der Waals surface area (Å²) < 4.78 is 5.54. The van der Waals surface area contributed by atoms with Crippen LogP contribution in [0.15, 0.2) is 24.3 Å². The normalized spacial score (nSPS) is 10.5. The zero-order chi connectivity index (χ0) is 12.7. The number of nitrogens with two attached hydrogens (primary N) is 1.